The lowest BCUT2D eigenvalue weighted by Crippen LogP contribution is -2.12. The molecule has 0 saturated heterocycles. The summed E-state index contributed by atoms with van der Waals surface area (Å²) in [5.41, 5.74) is 1.23. The van der Waals surface area contributed by atoms with Gasteiger partial charge in [0.15, 0.2) is 0 Å². The molecule has 2 heteroatoms. The SMILES string of the molecule is CCC(CC(C)C)C(C)c1ccc(Cl)cc1Cl. The van der Waals surface area contributed by atoms with E-state index in [2.05, 4.69) is 33.8 Å². The van der Waals surface area contributed by atoms with Gasteiger partial charge in [-0.2, -0.15) is 0 Å². The van der Waals surface area contributed by atoms with Crippen LogP contribution in [0, 0.1) is 11.8 Å². The first-order valence-corrected chi connectivity index (χ1v) is 7.16. The normalized spacial score (nSPS) is 15.0. The molecule has 0 radical (unpaired) electrons. The summed E-state index contributed by atoms with van der Waals surface area (Å²) in [6, 6.07) is 5.84. The fourth-order valence-corrected chi connectivity index (χ4v) is 3.04. The van der Waals surface area contributed by atoms with Gasteiger partial charge in [-0.3, -0.25) is 0 Å². The van der Waals surface area contributed by atoms with Gasteiger partial charge in [-0.15, -0.1) is 0 Å². The highest BCUT2D eigenvalue weighted by Crippen LogP contribution is 2.36. The molecule has 0 spiro atoms. The summed E-state index contributed by atoms with van der Waals surface area (Å²) < 4.78 is 0. The van der Waals surface area contributed by atoms with Crippen LogP contribution >= 0.6 is 23.2 Å². The minimum Gasteiger partial charge on any atom is -0.0843 e. The van der Waals surface area contributed by atoms with Crippen LogP contribution in [0.4, 0.5) is 0 Å². The van der Waals surface area contributed by atoms with Crippen LogP contribution in [0.1, 0.15) is 52.0 Å². The molecule has 1 aromatic carbocycles. The first kappa shape index (κ1) is 14.9. The molecule has 0 amide bonds. The van der Waals surface area contributed by atoms with Gasteiger partial charge in [-0.05, 0) is 41.9 Å². The highest BCUT2D eigenvalue weighted by atomic mass is 35.5. The molecule has 0 aliphatic rings. The summed E-state index contributed by atoms with van der Waals surface area (Å²) in [6.45, 7) is 9.08. The Balaban J connectivity index is 2.89. The number of hydrogen-bond donors (Lipinski definition) is 0. The maximum Gasteiger partial charge on any atom is 0.0455 e. The van der Waals surface area contributed by atoms with E-state index in [1.54, 1.807) is 0 Å². The highest BCUT2D eigenvalue weighted by molar-refractivity contribution is 6.35. The molecular weight excluding hydrogens is 251 g/mol. The standard InChI is InChI=1S/C15H22Cl2/c1-5-12(8-10(2)3)11(4)14-7-6-13(16)9-15(14)17/h6-7,9-12H,5,8H2,1-4H3. The first-order chi connectivity index (χ1) is 7.95. The maximum atomic E-state index is 6.28. The largest absolute Gasteiger partial charge is 0.0843 e. The average Bonchev–Trinajstić information content (AvgIpc) is 2.24. The van der Waals surface area contributed by atoms with Crippen LogP contribution in [0.15, 0.2) is 18.2 Å². The Morgan fingerprint density at radius 3 is 2.24 bits per heavy atom. The zero-order valence-electron chi connectivity index (χ0n) is 11.1. The van der Waals surface area contributed by atoms with Crippen molar-refractivity contribution >= 4 is 23.2 Å². The van der Waals surface area contributed by atoms with Crippen molar-refractivity contribution in [1.82, 2.24) is 0 Å². The van der Waals surface area contributed by atoms with Crippen molar-refractivity contribution in [2.24, 2.45) is 11.8 Å². The van der Waals surface area contributed by atoms with E-state index in [4.69, 9.17) is 23.2 Å². The van der Waals surface area contributed by atoms with Crippen molar-refractivity contribution in [2.45, 2.75) is 46.5 Å². The molecule has 0 fully saturated rings. The van der Waals surface area contributed by atoms with Gasteiger partial charge in [0, 0.05) is 10.0 Å². The third-order valence-corrected chi connectivity index (χ3v) is 4.02. The molecule has 1 aromatic rings. The summed E-state index contributed by atoms with van der Waals surface area (Å²) in [5.74, 6) is 1.91. The number of benzene rings is 1. The van der Waals surface area contributed by atoms with Gasteiger partial charge >= 0.3 is 0 Å². The second kappa shape index (κ2) is 6.66. The Morgan fingerprint density at radius 1 is 1.12 bits per heavy atom. The van der Waals surface area contributed by atoms with Gasteiger partial charge in [-0.25, -0.2) is 0 Å². The van der Waals surface area contributed by atoms with Crippen LogP contribution in [0.5, 0.6) is 0 Å². The molecular formula is C15H22Cl2. The maximum absolute atomic E-state index is 6.28. The van der Waals surface area contributed by atoms with E-state index in [1.807, 2.05) is 12.1 Å². The number of hydrogen-bond acceptors (Lipinski definition) is 0. The highest BCUT2D eigenvalue weighted by Gasteiger charge is 2.20. The lowest BCUT2D eigenvalue weighted by molar-refractivity contribution is 0.350. The monoisotopic (exact) mass is 272 g/mol. The Labute approximate surface area is 115 Å². The van der Waals surface area contributed by atoms with Gasteiger partial charge in [0.25, 0.3) is 0 Å². The molecule has 0 bridgehead atoms. The van der Waals surface area contributed by atoms with E-state index in [0.717, 1.165) is 10.9 Å². The van der Waals surface area contributed by atoms with E-state index in [1.165, 1.54) is 18.4 Å². The first-order valence-electron chi connectivity index (χ1n) is 6.40. The second-order valence-electron chi connectivity index (χ2n) is 5.25. The Bertz CT molecular complexity index is 358. The molecule has 0 heterocycles. The summed E-state index contributed by atoms with van der Waals surface area (Å²) in [6.07, 6.45) is 2.44. The Hall–Kier alpha value is -0.200. The van der Waals surface area contributed by atoms with Crippen molar-refractivity contribution < 1.29 is 0 Å². The molecule has 17 heavy (non-hydrogen) atoms. The van der Waals surface area contributed by atoms with Gasteiger partial charge in [0.05, 0.1) is 0 Å². The number of rotatable bonds is 5. The fourth-order valence-electron chi connectivity index (χ4n) is 2.45. The lowest BCUT2D eigenvalue weighted by atomic mass is 9.81. The minimum absolute atomic E-state index is 0.493. The van der Waals surface area contributed by atoms with E-state index >= 15 is 0 Å². The van der Waals surface area contributed by atoms with Crippen molar-refractivity contribution in [3.8, 4) is 0 Å². The zero-order valence-corrected chi connectivity index (χ0v) is 12.6. The summed E-state index contributed by atoms with van der Waals surface area (Å²) in [4.78, 5) is 0. The second-order valence-corrected chi connectivity index (χ2v) is 6.10. The Morgan fingerprint density at radius 2 is 1.76 bits per heavy atom. The van der Waals surface area contributed by atoms with Gasteiger partial charge in [-0.1, -0.05) is 63.4 Å². The summed E-state index contributed by atoms with van der Waals surface area (Å²) in [5, 5.41) is 1.51. The van der Waals surface area contributed by atoms with Gasteiger partial charge in [0.1, 0.15) is 0 Å². The predicted octanol–water partition coefficient (Wildman–Crippen LogP) is 6.17. The topological polar surface area (TPSA) is 0 Å². The zero-order chi connectivity index (χ0) is 13.0. The average molecular weight is 273 g/mol. The van der Waals surface area contributed by atoms with Crippen LogP contribution in [-0.2, 0) is 0 Å². The third kappa shape index (κ3) is 4.19. The molecule has 0 nitrogen and oxygen atoms in total. The van der Waals surface area contributed by atoms with Crippen LogP contribution < -0.4 is 0 Å². The van der Waals surface area contributed by atoms with Crippen LogP contribution in [-0.4, -0.2) is 0 Å². The van der Waals surface area contributed by atoms with E-state index in [-0.39, 0.29) is 0 Å². The van der Waals surface area contributed by atoms with Crippen molar-refractivity contribution in [1.29, 1.82) is 0 Å². The molecule has 1 rings (SSSR count). The molecule has 0 saturated carbocycles. The van der Waals surface area contributed by atoms with Gasteiger partial charge in [0.2, 0.25) is 0 Å². The van der Waals surface area contributed by atoms with E-state index < -0.39 is 0 Å². The van der Waals surface area contributed by atoms with E-state index in [0.29, 0.717) is 16.9 Å². The van der Waals surface area contributed by atoms with Crippen LogP contribution in [0.25, 0.3) is 0 Å². The van der Waals surface area contributed by atoms with Gasteiger partial charge < -0.3 is 0 Å². The van der Waals surface area contributed by atoms with Crippen molar-refractivity contribution in [3.63, 3.8) is 0 Å². The van der Waals surface area contributed by atoms with E-state index in [9.17, 15) is 0 Å². The molecule has 0 N–H and O–H groups in total. The quantitative estimate of drug-likeness (QED) is 0.601. The van der Waals surface area contributed by atoms with Crippen molar-refractivity contribution in [3.05, 3.63) is 33.8 Å². The fraction of sp³-hybridized carbons (Fsp3) is 0.600. The molecule has 2 unspecified atom stereocenters. The smallest absolute Gasteiger partial charge is 0.0455 e. The molecule has 96 valence electrons. The third-order valence-electron chi connectivity index (χ3n) is 3.46. The Kier molecular flexibility index (Phi) is 5.82. The predicted molar refractivity (Wildman–Crippen MR) is 78.1 cm³/mol. The minimum atomic E-state index is 0.493. The van der Waals surface area contributed by atoms with Crippen LogP contribution in [0.3, 0.4) is 0 Å². The number of halogens is 2. The van der Waals surface area contributed by atoms with Crippen molar-refractivity contribution in [2.75, 3.05) is 0 Å². The van der Waals surface area contributed by atoms with Crippen LogP contribution in [0.2, 0.25) is 10.0 Å². The lowest BCUT2D eigenvalue weighted by Gasteiger charge is -2.25. The molecule has 0 aliphatic carbocycles. The molecule has 2 atom stereocenters. The summed E-state index contributed by atoms with van der Waals surface area (Å²) in [7, 11) is 0. The molecule has 0 aliphatic heterocycles. The summed E-state index contributed by atoms with van der Waals surface area (Å²) >= 11 is 12.2. The molecule has 0 aromatic heterocycles.